The van der Waals surface area contributed by atoms with Crippen LogP contribution < -0.4 is 10.2 Å². The van der Waals surface area contributed by atoms with Crippen LogP contribution in [0.1, 0.15) is 32.3 Å². The van der Waals surface area contributed by atoms with Crippen molar-refractivity contribution in [2.75, 3.05) is 25.0 Å². The SMILES string of the molecule is CCCCN(CC)c1cccc(Cl)c1CNC. The summed E-state index contributed by atoms with van der Waals surface area (Å²) < 4.78 is 0. The van der Waals surface area contributed by atoms with Crippen LogP contribution in [0.2, 0.25) is 5.02 Å². The first-order valence-corrected chi connectivity index (χ1v) is 6.79. The molecule has 1 aromatic rings. The molecule has 0 heterocycles. The molecule has 0 bridgehead atoms. The molecule has 0 amide bonds. The van der Waals surface area contributed by atoms with Crippen LogP contribution in [0, 0.1) is 0 Å². The highest BCUT2D eigenvalue weighted by Crippen LogP contribution is 2.27. The molecule has 1 rings (SSSR count). The highest BCUT2D eigenvalue weighted by molar-refractivity contribution is 6.31. The zero-order valence-electron chi connectivity index (χ0n) is 11.1. The first kappa shape index (κ1) is 14.3. The molecule has 1 aromatic carbocycles. The van der Waals surface area contributed by atoms with E-state index in [0.29, 0.717) is 0 Å². The molecule has 0 radical (unpaired) electrons. The number of hydrogen-bond acceptors (Lipinski definition) is 2. The summed E-state index contributed by atoms with van der Waals surface area (Å²) in [6.45, 7) is 7.36. The molecular formula is C14H23ClN2. The Labute approximate surface area is 110 Å². The Hall–Kier alpha value is -0.730. The molecule has 0 unspecified atom stereocenters. The molecular weight excluding hydrogens is 232 g/mol. The van der Waals surface area contributed by atoms with Gasteiger partial charge >= 0.3 is 0 Å². The van der Waals surface area contributed by atoms with Crippen molar-refractivity contribution >= 4 is 17.3 Å². The summed E-state index contributed by atoms with van der Waals surface area (Å²) in [6.07, 6.45) is 2.44. The van der Waals surface area contributed by atoms with E-state index in [9.17, 15) is 0 Å². The summed E-state index contributed by atoms with van der Waals surface area (Å²) in [4.78, 5) is 2.40. The minimum atomic E-state index is 0.817. The lowest BCUT2D eigenvalue weighted by Crippen LogP contribution is -2.26. The maximum atomic E-state index is 6.28. The summed E-state index contributed by atoms with van der Waals surface area (Å²) in [5.74, 6) is 0. The Morgan fingerprint density at radius 1 is 1.29 bits per heavy atom. The van der Waals surface area contributed by atoms with Gasteiger partial charge in [0.25, 0.3) is 0 Å². The predicted octanol–water partition coefficient (Wildman–Crippen LogP) is 3.69. The van der Waals surface area contributed by atoms with E-state index >= 15 is 0 Å². The maximum Gasteiger partial charge on any atom is 0.0471 e. The Morgan fingerprint density at radius 3 is 2.65 bits per heavy atom. The number of benzene rings is 1. The predicted molar refractivity (Wildman–Crippen MR) is 77.0 cm³/mol. The monoisotopic (exact) mass is 254 g/mol. The van der Waals surface area contributed by atoms with Gasteiger partial charge in [-0.25, -0.2) is 0 Å². The summed E-state index contributed by atoms with van der Waals surface area (Å²) in [5, 5.41) is 4.04. The minimum Gasteiger partial charge on any atom is -0.372 e. The zero-order chi connectivity index (χ0) is 12.7. The Bertz CT molecular complexity index is 339. The number of halogens is 1. The van der Waals surface area contributed by atoms with Gasteiger partial charge in [0.2, 0.25) is 0 Å². The Balaban J connectivity index is 2.96. The van der Waals surface area contributed by atoms with Gasteiger partial charge in [-0.05, 0) is 32.5 Å². The van der Waals surface area contributed by atoms with Gasteiger partial charge in [0.15, 0.2) is 0 Å². The third kappa shape index (κ3) is 3.90. The molecule has 96 valence electrons. The van der Waals surface area contributed by atoms with Crippen molar-refractivity contribution in [3.8, 4) is 0 Å². The van der Waals surface area contributed by atoms with E-state index in [1.807, 2.05) is 19.2 Å². The van der Waals surface area contributed by atoms with Crippen molar-refractivity contribution in [1.29, 1.82) is 0 Å². The Kier molecular flexibility index (Phi) is 6.38. The van der Waals surface area contributed by atoms with Crippen molar-refractivity contribution < 1.29 is 0 Å². The van der Waals surface area contributed by atoms with Crippen LogP contribution in [0.3, 0.4) is 0 Å². The fraction of sp³-hybridized carbons (Fsp3) is 0.571. The normalized spacial score (nSPS) is 10.6. The van der Waals surface area contributed by atoms with E-state index < -0.39 is 0 Å². The molecule has 1 N–H and O–H groups in total. The van der Waals surface area contributed by atoms with Crippen LogP contribution in [0.4, 0.5) is 5.69 Å². The largest absolute Gasteiger partial charge is 0.372 e. The van der Waals surface area contributed by atoms with Gasteiger partial charge in [0, 0.05) is 35.9 Å². The smallest absolute Gasteiger partial charge is 0.0471 e. The molecule has 0 fully saturated rings. The number of unbranched alkanes of at least 4 members (excludes halogenated alkanes) is 1. The molecule has 0 spiro atoms. The summed E-state index contributed by atoms with van der Waals surface area (Å²) >= 11 is 6.28. The van der Waals surface area contributed by atoms with Crippen LogP contribution in [0.15, 0.2) is 18.2 Å². The number of rotatable bonds is 7. The summed E-state index contributed by atoms with van der Waals surface area (Å²) in [6, 6.07) is 6.16. The third-order valence-electron chi connectivity index (χ3n) is 2.95. The molecule has 0 atom stereocenters. The summed E-state index contributed by atoms with van der Waals surface area (Å²) in [5.41, 5.74) is 2.47. The standard InChI is InChI=1S/C14H23ClN2/c1-4-6-10-17(5-2)14-9-7-8-13(15)12(14)11-16-3/h7-9,16H,4-6,10-11H2,1-3H3. The van der Waals surface area contributed by atoms with E-state index in [2.05, 4.69) is 30.1 Å². The molecule has 0 aliphatic rings. The quantitative estimate of drug-likeness (QED) is 0.799. The van der Waals surface area contributed by atoms with Gasteiger partial charge in [0.1, 0.15) is 0 Å². The lowest BCUT2D eigenvalue weighted by Gasteiger charge is -2.26. The second-order valence-electron chi connectivity index (χ2n) is 4.20. The van der Waals surface area contributed by atoms with Crippen molar-refractivity contribution in [2.45, 2.75) is 33.2 Å². The average Bonchev–Trinajstić information content (AvgIpc) is 2.34. The zero-order valence-corrected chi connectivity index (χ0v) is 11.8. The first-order chi connectivity index (χ1) is 8.24. The van der Waals surface area contributed by atoms with Crippen LogP contribution in [0.5, 0.6) is 0 Å². The van der Waals surface area contributed by atoms with E-state index in [1.165, 1.54) is 24.1 Å². The molecule has 0 aliphatic carbocycles. The second kappa shape index (κ2) is 7.57. The van der Waals surface area contributed by atoms with Crippen LogP contribution in [0.25, 0.3) is 0 Å². The summed E-state index contributed by atoms with van der Waals surface area (Å²) in [7, 11) is 1.95. The lowest BCUT2D eigenvalue weighted by molar-refractivity contribution is 0.723. The molecule has 0 aliphatic heterocycles. The highest BCUT2D eigenvalue weighted by atomic mass is 35.5. The van der Waals surface area contributed by atoms with Crippen molar-refractivity contribution in [1.82, 2.24) is 5.32 Å². The van der Waals surface area contributed by atoms with Crippen LogP contribution in [-0.2, 0) is 6.54 Å². The van der Waals surface area contributed by atoms with Gasteiger partial charge in [-0.15, -0.1) is 0 Å². The number of anilines is 1. The van der Waals surface area contributed by atoms with Gasteiger partial charge in [-0.1, -0.05) is 31.0 Å². The van der Waals surface area contributed by atoms with Crippen molar-refractivity contribution in [2.24, 2.45) is 0 Å². The van der Waals surface area contributed by atoms with Crippen LogP contribution >= 0.6 is 11.6 Å². The van der Waals surface area contributed by atoms with Gasteiger partial charge in [-0.3, -0.25) is 0 Å². The van der Waals surface area contributed by atoms with E-state index in [-0.39, 0.29) is 0 Å². The molecule has 0 saturated carbocycles. The van der Waals surface area contributed by atoms with Crippen molar-refractivity contribution in [3.63, 3.8) is 0 Å². The molecule has 0 aromatic heterocycles. The number of nitrogens with one attached hydrogen (secondary N) is 1. The molecule has 17 heavy (non-hydrogen) atoms. The fourth-order valence-electron chi connectivity index (χ4n) is 1.99. The van der Waals surface area contributed by atoms with Crippen LogP contribution in [-0.4, -0.2) is 20.1 Å². The topological polar surface area (TPSA) is 15.3 Å². The van der Waals surface area contributed by atoms with E-state index in [0.717, 1.165) is 24.7 Å². The van der Waals surface area contributed by atoms with Gasteiger partial charge in [-0.2, -0.15) is 0 Å². The van der Waals surface area contributed by atoms with E-state index in [4.69, 9.17) is 11.6 Å². The number of hydrogen-bond donors (Lipinski definition) is 1. The second-order valence-corrected chi connectivity index (χ2v) is 4.61. The fourth-order valence-corrected chi connectivity index (χ4v) is 2.23. The minimum absolute atomic E-state index is 0.817. The van der Waals surface area contributed by atoms with Gasteiger partial charge < -0.3 is 10.2 Å². The molecule has 0 saturated heterocycles. The maximum absolute atomic E-state index is 6.28. The Morgan fingerprint density at radius 2 is 2.06 bits per heavy atom. The van der Waals surface area contributed by atoms with E-state index in [1.54, 1.807) is 0 Å². The lowest BCUT2D eigenvalue weighted by atomic mass is 10.1. The highest BCUT2D eigenvalue weighted by Gasteiger charge is 2.11. The molecule has 3 heteroatoms. The average molecular weight is 255 g/mol. The van der Waals surface area contributed by atoms with Gasteiger partial charge in [0.05, 0.1) is 0 Å². The van der Waals surface area contributed by atoms with Crippen molar-refractivity contribution in [3.05, 3.63) is 28.8 Å². The number of nitrogens with zero attached hydrogens (tertiary/aromatic N) is 1. The molecule has 2 nitrogen and oxygen atoms in total. The first-order valence-electron chi connectivity index (χ1n) is 6.41. The third-order valence-corrected chi connectivity index (χ3v) is 3.31.